The summed E-state index contributed by atoms with van der Waals surface area (Å²) < 4.78 is 0. The third-order valence-corrected chi connectivity index (χ3v) is 7.97. The maximum Gasteiger partial charge on any atom is 0.317 e. The number of aromatic hydroxyl groups is 1. The Bertz CT molecular complexity index is 905. The second kappa shape index (κ2) is 6.80. The molecule has 1 aromatic carbocycles. The zero-order valence-corrected chi connectivity index (χ0v) is 17.3. The molecule has 3 heterocycles. The monoisotopic (exact) mass is 384 g/mol. The Morgan fingerprint density at radius 1 is 1.39 bits per heavy atom. The van der Waals surface area contributed by atoms with Crippen LogP contribution in [0.15, 0.2) is 18.2 Å². The third-order valence-electron chi connectivity index (χ3n) is 7.97. The summed E-state index contributed by atoms with van der Waals surface area (Å²) in [5, 5.41) is 21.5. The van der Waals surface area contributed by atoms with Gasteiger partial charge in [-0.25, -0.2) is 0 Å². The van der Waals surface area contributed by atoms with Gasteiger partial charge in [-0.2, -0.15) is 0 Å². The summed E-state index contributed by atoms with van der Waals surface area (Å²) in [4.78, 5) is 18.7. The molecule has 6 unspecified atom stereocenters. The lowest BCUT2D eigenvalue weighted by molar-refractivity contribution is -0.151. The van der Waals surface area contributed by atoms with Crippen LogP contribution in [0.25, 0.3) is 10.9 Å². The minimum absolute atomic E-state index is 0.0618. The predicted octanol–water partition coefficient (Wildman–Crippen LogP) is 4.14. The summed E-state index contributed by atoms with van der Waals surface area (Å²) in [7, 11) is 0. The summed E-state index contributed by atoms with van der Waals surface area (Å²) in [6, 6.07) is 5.23. The van der Waals surface area contributed by atoms with Gasteiger partial charge in [-0.3, -0.25) is 9.69 Å². The number of nitrogens with one attached hydrogen (secondary N) is 1. The predicted molar refractivity (Wildman–Crippen MR) is 111 cm³/mol. The summed E-state index contributed by atoms with van der Waals surface area (Å²) >= 11 is 0. The average molecular weight is 385 g/mol. The van der Waals surface area contributed by atoms with Gasteiger partial charge < -0.3 is 15.2 Å². The molecule has 5 nitrogen and oxygen atoms in total. The van der Waals surface area contributed by atoms with Crippen molar-refractivity contribution in [3.63, 3.8) is 0 Å². The fraction of sp³-hybridized carbons (Fsp3) is 0.609. The van der Waals surface area contributed by atoms with E-state index >= 15 is 0 Å². The minimum Gasteiger partial charge on any atom is -0.508 e. The van der Waals surface area contributed by atoms with Crippen LogP contribution in [-0.2, 0) is 16.6 Å². The molecule has 6 atom stereocenters. The Hall–Kier alpha value is -2.01. The van der Waals surface area contributed by atoms with Crippen LogP contribution in [0.4, 0.5) is 0 Å². The van der Waals surface area contributed by atoms with Crippen molar-refractivity contribution >= 4 is 16.9 Å². The molecule has 2 aliphatic heterocycles. The van der Waals surface area contributed by atoms with Crippen LogP contribution in [-0.4, -0.2) is 45.2 Å². The number of hydrogen-bond acceptors (Lipinski definition) is 3. The van der Waals surface area contributed by atoms with Gasteiger partial charge in [-0.1, -0.05) is 27.2 Å². The lowest BCUT2D eigenvalue weighted by Gasteiger charge is -2.49. The van der Waals surface area contributed by atoms with Gasteiger partial charge in [-0.15, -0.1) is 0 Å². The van der Waals surface area contributed by atoms with Crippen molar-refractivity contribution in [1.29, 1.82) is 0 Å². The number of carboxylic acid groups (broad SMARTS) is 1. The highest BCUT2D eigenvalue weighted by Crippen LogP contribution is 2.49. The highest BCUT2D eigenvalue weighted by Gasteiger charge is 2.56. The zero-order valence-electron chi connectivity index (χ0n) is 17.3. The van der Waals surface area contributed by atoms with Crippen molar-refractivity contribution in [2.24, 2.45) is 17.8 Å². The van der Waals surface area contributed by atoms with Crippen molar-refractivity contribution in [3.8, 4) is 5.75 Å². The Balaban J connectivity index is 1.90. The number of phenols is 1. The number of fused-ring (bicyclic) bond motifs is 6. The molecule has 2 aromatic rings. The van der Waals surface area contributed by atoms with Crippen LogP contribution in [0.2, 0.25) is 0 Å². The second-order valence-corrected chi connectivity index (χ2v) is 9.11. The molecule has 1 aromatic heterocycles. The van der Waals surface area contributed by atoms with Crippen LogP contribution in [0.3, 0.4) is 0 Å². The number of benzene rings is 1. The van der Waals surface area contributed by atoms with E-state index in [1.807, 2.05) is 6.07 Å². The number of carbonyl (C=O) groups is 1. The number of piperidine rings is 1. The van der Waals surface area contributed by atoms with Gasteiger partial charge >= 0.3 is 5.97 Å². The van der Waals surface area contributed by atoms with E-state index in [0.29, 0.717) is 24.2 Å². The van der Waals surface area contributed by atoms with E-state index in [1.165, 1.54) is 0 Å². The molecule has 1 fully saturated rings. The highest BCUT2D eigenvalue weighted by molar-refractivity contribution is 5.91. The quantitative estimate of drug-likeness (QED) is 0.740. The zero-order chi connectivity index (χ0) is 20.2. The minimum atomic E-state index is -0.939. The van der Waals surface area contributed by atoms with Crippen LogP contribution in [0.1, 0.15) is 51.8 Å². The van der Waals surface area contributed by atoms with Crippen molar-refractivity contribution in [2.45, 2.75) is 58.4 Å². The van der Waals surface area contributed by atoms with Gasteiger partial charge in [0.25, 0.3) is 0 Å². The van der Waals surface area contributed by atoms with Gasteiger partial charge in [0.1, 0.15) is 11.2 Å². The van der Waals surface area contributed by atoms with Gasteiger partial charge in [-0.05, 0) is 61.3 Å². The van der Waals surface area contributed by atoms with Crippen molar-refractivity contribution in [3.05, 3.63) is 29.5 Å². The van der Waals surface area contributed by atoms with E-state index in [4.69, 9.17) is 0 Å². The topological polar surface area (TPSA) is 76.6 Å². The van der Waals surface area contributed by atoms with E-state index < -0.39 is 11.4 Å². The first-order chi connectivity index (χ1) is 13.3. The Morgan fingerprint density at radius 2 is 2.14 bits per heavy atom. The fourth-order valence-corrected chi connectivity index (χ4v) is 5.71. The number of nitrogens with zero attached hydrogens (tertiary/aromatic N) is 1. The van der Waals surface area contributed by atoms with Gasteiger partial charge in [0.05, 0.1) is 0 Å². The average Bonchev–Trinajstić information content (AvgIpc) is 3.01. The van der Waals surface area contributed by atoms with E-state index in [9.17, 15) is 15.0 Å². The molecule has 0 saturated carbocycles. The summed E-state index contributed by atoms with van der Waals surface area (Å²) in [5.41, 5.74) is 1.91. The van der Waals surface area contributed by atoms with Crippen molar-refractivity contribution in [2.75, 3.05) is 13.1 Å². The van der Waals surface area contributed by atoms with E-state index in [2.05, 4.69) is 37.6 Å². The number of aliphatic carboxylic acids is 1. The van der Waals surface area contributed by atoms with E-state index in [0.717, 1.165) is 48.1 Å². The lowest BCUT2D eigenvalue weighted by atomic mass is 9.64. The molecule has 28 heavy (non-hydrogen) atoms. The van der Waals surface area contributed by atoms with E-state index in [1.54, 1.807) is 12.1 Å². The van der Waals surface area contributed by atoms with Crippen molar-refractivity contribution < 1.29 is 15.0 Å². The first-order valence-electron chi connectivity index (χ1n) is 10.6. The molecular weight excluding hydrogens is 352 g/mol. The van der Waals surface area contributed by atoms with Crippen molar-refractivity contribution in [1.82, 2.24) is 9.88 Å². The van der Waals surface area contributed by atoms with Crippen LogP contribution in [0.5, 0.6) is 5.75 Å². The van der Waals surface area contributed by atoms with Gasteiger partial charge in [0.15, 0.2) is 0 Å². The number of aromatic amines is 1. The molecule has 0 aliphatic carbocycles. The third kappa shape index (κ3) is 2.66. The molecule has 2 bridgehead atoms. The Morgan fingerprint density at radius 3 is 2.82 bits per heavy atom. The molecule has 1 saturated heterocycles. The number of rotatable bonds is 4. The maximum absolute atomic E-state index is 12.9. The molecule has 5 heteroatoms. The second-order valence-electron chi connectivity index (χ2n) is 9.11. The normalized spacial score (nSPS) is 31.8. The highest BCUT2D eigenvalue weighted by atomic mass is 16.4. The summed E-state index contributed by atoms with van der Waals surface area (Å²) in [6.45, 7) is 10.7. The number of H-pyrrole nitrogens is 1. The molecule has 152 valence electrons. The first-order valence-corrected chi connectivity index (χ1v) is 10.6. The maximum atomic E-state index is 12.9. The standard InChI is InChI=1S/C23H32N2O3/c1-5-13(2)14(3)16-11-23(22(27)28)15(4)25(12-16)9-8-18-19-10-17(26)6-7-20(19)24-21(18)23/h6-7,10,13-16,24,26H,5,8-9,11-12H2,1-4H3,(H,27,28). The van der Waals surface area contributed by atoms with E-state index in [-0.39, 0.29) is 11.8 Å². The molecule has 4 rings (SSSR count). The van der Waals surface area contributed by atoms with Gasteiger partial charge in [0, 0.05) is 35.7 Å². The molecule has 0 amide bonds. The smallest absolute Gasteiger partial charge is 0.317 e. The fourth-order valence-electron chi connectivity index (χ4n) is 5.71. The van der Waals surface area contributed by atoms with Crippen LogP contribution in [0, 0.1) is 17.8 Å². The summed E-state index contributed by atoms with van der Waals surface area (Å²) in [6.07, 6.45) is 2.59. The first kappa shape index (κ1) is 19.3. The molecule has 0 spiro atoms. The molecular formula is C23H32N2O3. The SMILES string of the molecule is CCC(C)C(C)C1CN2CCc3c([nH]c4ccc(O)cc34)C(C(=O)O)(C1)C2C. The van der Waals surface area contributed by atoms with Crippen LogP contribution >= 0.6 is 0 Å². The summed E-state index contributed by atoms with van der Waals surface area (Å²) in [5.74, 6) is 0.904. The molecule has 0 radical (unpaired) electrons. The van der Waals surface area contributed by atoms with Crippen LogP contribution < -0.4 is 0 Å². The number of phenolic OH excluding ortho intramolecular Hbond substituents is 1. The molecule has 2 aliphatic rings. The number of hydrogen-bond donors (Lipinski definition) is 3. The number of aromatic nitrogens is 1. The molecule has 3 N–H and O–H groups in total. The Kier molecular flexibility index (Phi) is 4.69. The van der Waals surface area contributed by atoms with Gasteiger partial charge in [0.2, 0.25) is 0 Å². The largest absolute Gasteiger partial charge is 0.508 e. The number of carboxylic acids is 1. The lowest BCUT2D eigenvalue weighted by Crippen LogP contribution is -2.60. The Labute approximate surface area is 166 Å².